The first-order valence-electron chi connectivity index (χ1n) is 8.57. The van der Waals surface area contributed by atoms with Gasteiger partial charge in [-0.25, -0.2) is 9.37 Å². The summed E-state index contributed by atoms with van der Waals surface area (Å²) in [5, 5.41) is 6.13. The van der Waals surface area contributed by atoms with Crippen molar-refractivity contribution in [1.82, 2.24) is 15.1 Å². The number of benzene rings is 1. The van der Waals surface area contributed by atoms with Crippen LogP contribution in [0.4, 0.5) is 9.52 Å². The minimum atomic E-state index is -0.494. The summed E-state index contributed by atoms with van der Waals surface area (Å²) in [6.45, 7) is 0.485. The van der Waals surface area contributed by atoms with E-state index in [1.165, 1.54) is 35.6 Å². The predicted molar refractivity (Wildman–Crippen MR) is 96.9 cm³/mol. The van der Waals surface area contributed by atoms with Crippen LogP contribution in [0.25, 0.3) is 11.4 Å². The molecule has 8 nitrogen and oxygen atoms in total. The molecule has 4 rings (SSSR count). The standard InChI is InChI=1S/C18H15FN4O4S/c19-12-5-3-11(4-6-12)17-21-14(27-22-17)9-26-16(25)8-13-10-28-18(20-13)23-7-1-2-15(23)24/h3-6,10H,1-2,7-9H2. The van der Waals surface area contributed by atoms with Gasteiger partial charge in [0.25, 0.3) is 5.89 Å². The Labute approximate surface area is 163 Å². The number of halogens is 1. The quantitative estimate of drug-likeness (QED) is 0.585. The molecule has 28 heavy (non-hydrogen) atoms. The molecule has 3 heterocycles. The molecule has 0 bridgehead atoms. The lowest BCUT2D eigenvalue weighted by Gasteiger charge is -2.10. The molecule has 0 aliphatic carbocycles. The average Bonchev–Trinajstić information content (AvgIpc) is 3.41. The zero-order valence-corrected chi connectivity index (χ0v) is 15.4. The number of anilines is 1. The van der Waals surface area contributed by atoms with Crippen LogP contribution in [0.2, 0.25) is 0 Å². The first-order valence-corrected chi connectivity index (χ1v) is 9.45. The summed E-state index contributed by atoms with van der Waals surface area (Å²) in [5.74, 6) is -0.386. The highest BCUT2D eigenvalue weighted by atomic mass is 32.1. The van der Waals surface area contributed by atoms with Gasteiger partial charge in [0.05, 0.1) is 12.1 Å². The molecule has 10 heteroatoms. The maximum Gasteiger partial charge on any atom is 0.312 e. The van der Waals surface area contributed by atoms with Gasteiger partial charge < -0.3 is 9.26 Å². The molecular weight excluding hydrogens is 387 g/mol. The number of amides is 1. The van der Waals surface area contributed by atoms with Crippen molar-refractivity contribution < 1.29 is 23.2 Å². The van der Waals surface area contributed by atoms with E-state index in [2.05, 4.69) is 15.1 Å². The number of hydrogen-bond donors (Lipinski definition) is 0. The smallest absolute Gasteiger partial charge is 0.312 e. The van der Waals surface area contributed by atoms with Gasteiger partial charge in [0.15, 0.2) is 11.7 Å². The molecular formula is C18H15FN4O4S. The third-order valence-electron chi connectivity index (χ3n) is 4.10. The van der Waals surface area contributed by atoms with Gasteiger partial charge >= 0.3 is 5.97 Å². The van der Waals surface area contributed by atoms with Gasteiger partial charge in [-0.2, -0.15) is 4.98 Å². The molecule has 3 aromatic rings. The van der Waals surface area contributed by atoms with Crippen molar-refractivity contribution in [2.24, 2.45) is 0 Å². The number of ether oxygens (including phenoxy) is 1. The topological polar surface area (TPSA) is 98.4 Å². The van der Waals surface area contributed by atoms with Crippen molar-refractivity contribution in [1.29, 1.82) is 0 Å². The number of aromatic nitrogens is 3. The summed E-state index contributed by atoms with van der Waals surface area (Å²) in [7, 11) is 0. The minimum absolute atomic E-state index is 0.0164. The Balaban J connectivity index is 1.31. The molecule has 1 aromatic carbocycles. The molecule has 0 N–H and O–H groups in total. The van der Waals surface area contributed by atoms with Gasteiger partial charge in [-0.05, 0) is 30.7 Å². The van der Waals surface area contributed by atoms with Crippen LogP contribution in [0.5, 0.6) is 0 Å². The molecule has 144 valence electrons. The van der Waals surface area contributed by atoms with Gasteiger partial charge in [-0.15, -0.1) is 11.3 Å². The lowest BCUT2D eigenvalue weighted by molar-refractivity contribution is -0.145. The maximum atomic E-state index is 13.0. The van der Waals surface area contributed by atoms with Crippen LogP contribution < -0.4 is 4.90 Å². The Kier molecular flexibility index (Phi) is 5.11. The molecule has 0 radical (unpaired) electrons. The zero-order chi connectivity index (χ0) is 19.5. The number of esters is 1. The van der Waals surface area contributed by atoms with Gasteiger partial charge in [0.1, 0.15) is 5.82 Å². The highest BCUT2D eigenvalue weighted by Gasteiger charge is 2.24. The highest BCUT2D eigenvalue weighted by molar-refractivity contribution is 7.14. The lowest BCUT2D eigenvalue weighted by atomic mass is 10.2. The summed E-state index contributed by atoms with van der Waals surface area (Å²) in [6.07, 6.45) is 1.33. The summed E-state index contributed by atoms with van der Waals surface area (Å²) in [6, 6.07) is 5.65. The van der Waals surface area contributed by atoms with E-state index in [4.69, 9.17) is 9.26 Å². The van der Waals surface area contributed by atoms with E-state index < -0.39 is 5.97 Å². The van der Waals surface area contributed by atoms with Gasteiger partial charge in [-0.3, -0.25) is 14.5 Å². The number of carbonyl (C=O) groups excluding carboxylic acids is 2. The molecule has 1 amide bonds. The molecule has 1 aliphatic heterocycles. The van der Waals surface area contributed by atoms with Gasteiger partial charge in [-0.1, -0.05) is 5.16 Å². The van der Waals surface area contributed by atoms with Crippen LogP contribution in [0.1, 0.15) is 24.4 Å². The number of nitrogens with zero attached hydrogens (tertiary/aromatic N) is 4. The molecule has 0 unspecified atom stereocenters. The Morgan fingerprint density at radius 1 is 1.29 bits per heavy atom. The first-order chi connectivity index (χ1) is 13.6. The van der Waals surface area contributed by atoms with Crippen LogP contribution >= 0.6 is 11.3 Å². The highest BCUT2D eigenvalue weighted by Crippen LogP contribution is 2.25. The molecule has 1 fully saturated rings. The van der Waals surface area contributed by atoms with E-state index in [1.807, 2.05) is 0 Å². The molecule has 2 aromatic heterocycles. The van der Waals surface area contributed by atoms with Crippen LogP contribution in [0.3, 0.4) is 0 Å². The van der Waals surface area contributed by atoms with Crippen molar-refractivity contribution in [3.63, 3.8) is 0 Å². The van der Waals surface area contributed by atoms with Crippen LogP contribution in [-0.2, 0) is 27.4 Å². The monoisotopic (exact) mass is 402 g/mol. The number of thiazole rings is 1. The van der Waals surface area contributed by atoms with Crippen LogP contribution in [0, 0.1) is 5.82 Å². The van der Waals surface area contributed by atoms with Crippen molar-refractivity contribution in [3.8, 4) is 11.4 Å². The van der Waals surface area contributed by atoms with E-state index >= 15 is 0 Å². The van der Waals surface area contributed by atoms with E-state index in [0.29, 0.717) is 29.4 Å². The summed E-state index contributed by atoms with van der Waals surface area (Å²) in [5.41, 5.74) is 1.14. The fraction of sp³-hybridized carbons (Fsp3) is 0.278. The fourth-order valence-electron chi connectivity index (χ4n) is 2.72. The van der Waals surface area contributed by atoms with Crippen molar-refractivity contribution in [2.75, 3.05) is 11.4 Å². The summed E-state index contributed by atoms with van der Waals surface area (Å²) in [4.78, 5) is 33.9. The number of hydrogen-bond acceptors (Lipinski definition) is 8. The summed E-state index contributed by atoms with van der Waals surface area (Å²) < 4.78 is 23.1. The second-order valence-electron chi connectivity index (χ2n) is 6.13. The van der Waals surface area contributed by atoms with Crippen molar-refractivity contribution in [2.45, 2.75) is 25.9 Å². The van der Waals surface area contributed by atoms with E-state index in [9.17, 15) is 14.0 Å². The predicted octanol–water partition coefficient (Wildman–Crippen LogP) is 2.74. The molecule has 0 saturated carbocycles. The van der Waals surface area contributed by atoms with E-state index in [1.54, 1.807) is 10.3 Å². The third kappa shape index (κ3) is 4.06. The number of carbonyl (C=O) groups is 2. The van der Waals surface area contributed by atoms with Crippen molar-refractivity contribution in [3.05, 3.63) is 47.0 Å². The van der Waals surface area contributed by atoms with E-state index in [0.717, 1.165) is 6.42 Å². The largest absolute Gasteiger partial charge is 0.455 e. The third-order valence-corrected chi connectivity index (χ3v) is 5.01. The first kappa shape index (κ1) is 18.2. The van der Waals surface area contributed by atoms with Crippen LogP contribution in [0.15, 0.2) is 34.2 Å². The second-order valence-corrected chi connectivity index (χ2v) is 6.96. The normalized spacial score (nSPS) is 13.9. The summed E-state index contributed by atoms with van der Waals surface area (Å²) >= 11 is 1.33. The Bertz CT molecular complexity index is 1000. The van der Waals surface area contributed by atoms with Crippen molar-refractivity contribution >= 4 is 28.3 Å². The average molecular weight is 402 g/mol. The molecule has 0 atom stereocenters. The SMILES string of the molecule is O=C(Cc1csc(N2CCCC2=O)n1)OCc1nc(-c2ccc(F)cc2)no1. The lowest BCUT2D eigenvalue weighted by Crippen LogP contribution is -2.23. The van der Waals surface area contributed by atoms with E-state index in [-0.39, 0.29) is 36.5 Å². The molecule has 1 saturated heterocycles. The minimum Gasteiger partial charge on any atom is -0.455 e. The zero-order valence-electron chi connectivity index (χ0n) is 14.6. The molecule has 0 spiro atoms. The number of rotatable bonds is 6. The Morgan fingerprint density at radius 3 is 2.86 bits per heavy atom. The van der Waals surface area contributed by atoms with Crippen LogP contribution in [-0.4, -0.2) is 33.5 Å². The maximum absolute atomic E-state index is 13.0. The Hall–Kier alpha value is -3.14. The van der Waals surface area contributed by atoms with Gasteiger partial charge in [0.2, 0.25) is 11.7 Å². The second kappa shape index (κ2) is 7.85. The Morgan fingerprint density at radius 2 is 2.11 bits per heavy atom. The molecule has 1 aliphatic rings. The van der Waals surface area contributed by atoms with Gasteiger partial charge in [0, 0.05) is 23.9 Å². The fourth-order valence-corrected chi connectivity index (χ4v) is 3.59.